The van der Waals surface area contributed by atoms with Gasteiger partial charge in [0.2, 0.25) is 0 Å². The molecule has 72 valence electrons. The molecule has 2 nitrogen and oxygen atoms in total. The van der Waals surface area contributed by atoms with E-state index in [2.05, 4.69) is 37.2 Å². The first-order valence-electron chi connectivity index (χ1n) is 4.13. The van der Waals surface area contributed by atoms with Gasteiger partial charge in [-0.15, -0.1) is 0 Å². The maximum absolute atomic E-state index is 5.40. The Kier molecular flexibility index (Phi) is 4.77. The van der Waals surface area contributed by atoms with Crippen molar-refractivity contribution in [3.05, 3.63) is 27.1 Å². The summed E-state index contributed by atoms with van der Waals surface area (Å²) < 4.78 is 2.15. The molecule has 1 aromatic rings. The predicted octanol–water partition coefficient (Wildman–Crippen LogP) is 2.97. The van der Waals surface area contributed by atoms with Gasteiger partial charge in [-0.25, -0.2) is 0 Å². The lowest BCUT2D eigenvalue weighted by molar-refractivity contribution is 0.874. The number of halogens is 2. The standard InChI is InChI=1S/C9H12Br2N2/c10-7-2-3-8(11)9(6-7)13-5-1-4-12/h2-3,6,13H,1,4-5,12H2. The average Bonchev–Trinajstić information content (AvgIpc) is 2.11. The number of hydrogen-bond acceptors (Lipinski definition) is 2. The highest BCUT2D eigenvalue weighted by Gasteiger charge is 1.98. The molecule has 0 aliphatic heterocycles. The highest BCUT2D eigenvalue weighted by atomic mass is 79.9. The van der Waals surface area contributed by atoms with E-state index in [4.69, 9.17) is 5.73 Å². The average molecular weight is 308 g/mol. The van der Waals surface area contributed by atoms with Crippen molar-refractivity contribution in [2.45, 2.75) is 6.42 Å². The summed E-state index contributed by atoms with van der Waals surface area (Å²) in [5.41, 5.74) is 6.50. The highest BCUT2D eigenvalue weighted by molar-refractivity contribution is 9.11. The van der Waals surface area contributed by atoms with Crippen molar-refractivity contribution in [1.29, 1.82) is 0 Å². The number of nitrogens with one attached hydrogen (secondary N) is 1. The number of nitrogens with two attached hydrogens (primary N) is 1. The molecule has 0 saturated heterocycles. The third-order valence-corrected chi connectivity index (χ3v) is 2.81. The number of rotatable bonds is 4. The zero-order valence-corrected chi connectivity index (χ0v) is 10.4. The fraction of sp³-hybridized carbons (Fsp3) is 0.333. The van der Waals surface area contributed by atoms with Gasteiger partial charge in [0.05, 0.1) is 0 Å². The van der Waals surface area contributed by atoms with Gasteiger partial charge in [0.1, 0.15) is 0 Å². The van der Waals surface area contributed by atoms with Crippen LogP contribution < -0.4 is 11.1 Å². The van der Waals surface area contributed by atoms with Gasteiger partial charge in [-0.2, -0.15) is 0 Å². The van der Waals surface area contributed by atoms with Gasteiger partial charge in [0, 0.05) is 21.2 Å². The van der Waals surface area contributed by atoms with E-state index in [-0.39, 0.29) is 0 Å². The summed E-state index contributed by atoms with van der Waals surface area (Å²) in [5.74, 6) is 0. The van der Waals surface area contributed by atoms with Crippen LogP contribution in [0, 0.1) is 0 Å². The molecule has 0 aliphatic rings. The molecule has 13 heavy (non-hydrogen) atoms. The highest BCUT2D eigenvalue weighted by Crippen LogP contribution is 2.25. The molecule has 0 aromatic heterocycles. The predicted molar refractivity (Wildman–Crippen MR) is 64.0 cm³/mol. The molecule has 0 amide bonds. The monoisotopic (exact) mass is 306 g/mol. The number of hydrogen-bond donors (Lipinski definition) is 2. The van der Waals surface area contributed by atoms with Crippen molar-refractivity contribution >= 4 is 37.5 Å². The van der Waals surface area contributed by atoms with Gasteiger partial charge in [0.15, 0.2) is 0 Å². The quantitative estimate of drug-likeness (QED) is 0.839. The number of benzene rings is 1. The topological polar surface area (TPSA) is 38.0 Å². The maximum atomic E-state index is 5.40. The molecule has 1 rings (SSSR count). The first-order valence-corrected chi connectivity index (χ1v) is 5.71. The second-order valence-corrected chi connectivity index (χ2v) is 4.46. The molecular weight excluding hydrogens is 296 g/mol. The van der Waals surface area contributed by atoms with Crippen LogP contribution in [0.4, 0.5) is 5.69 Å². The Bertz CT molecular complexity index is 276. The molecule has 0 unspecified atom stereocenters. The van der Waals surface area contributed by atoms with Gasteiger partial charge in [0.25, 0.3) is 0 Å². The molecule has 4 heteroatoms. The van der Waals surface area contributed by atoms with E-state index in [1.807, 2.05) is 18.2 Å². The van der Waals surface area contributed by atoms with Crippen molar-refractivity contribution in [3.8, 4) is 0 Å². The first kappa shape index (κ1) is 11.0. The van der Waals surface area contributed by atoms with Crippen molar-refractivity contribution in [3.63, 3.8) is 0 Å². The molecule has 0 aliphatic carbocycles. The van der Waals surface area contributed by atoms with Crippen LogP contribution >= 0.6 is 31.9 Å². The van der Waals surface area contributed by atoms with Gasteiger partial charge in [-0.1, -0.05) is 15.9 Å². The molecule has 0 atom stereocenters. The third-order valence-electron chi connectivity index (χ3n) is 1.62. The largest absolute Gasteiger partial charge is 0.384 e. The molecule has 1 aromatic carbocycles. The second-order valence-electron chi connectivity index (χ2n) is 2.69. The molecule has 0 radical (unpaired) electrons. The summed E-state index contributed by atoms with van der Waals surface area (Å²) in [4.78, 5) is 0. The Labute approximate surface area is 95.2 Å². The lowest BCUT2D eigenvalue weighted by Crippen LogP contribution is -2.08. The van der Waals surface area contributed by atoms with Crippen molar-refractivity contribution in [2.75, 3.05) is 18.4 Å². The molecule has 0 spiro atoms. The summed E-state index contributed by atoms with van der Waals surface area (Å²) >= 11 is 6.89. The Hall–Kier alpha value is -0.0600. The molecule has 0 saturated carbocycles. The van der Waals surface area contributed by atoms with E-state index < -0.39 is 0 Å². The van der Waals surface area contributed by atoms with Crippen LogP contribution in [0.1, 0.15) is 6.42 Å². The fourth-order valence-electron chi connectivity index (χ4n) is 0.958. The van der Waals surface area contributed by atoms with E-state index in [0.29, 0.717) is 0 Å². The smallest absolute Gasteiger partial charge is 0.0495 e. The van der Waals surface area contributed by atoms with Crippen LogP contribution in [0.5, 0.6) is 0 Å². The molecule has 0 heterocycles. The first-order chi connectivity index (χ1) is 6.24. The summed E-state index contributed by atoms with van der Waals surface area (Å²) in [6.45, 7) is 1.63. The van der Waals surface area contributed by atoms with E-state index in [1.165, 1.54) is 0 Å². The summed E-state index contributed by atoms with van der Waals surface area (Å²) in [5, 5.41) is 3.30. The summed E-state index contributed by atoms with van der Waals surface area (Å²) in [7, 11) is 0. The molecule has 0 fully saturated rings. The summed E-state index contributed by atoms with van der Waals surface area (Å²) in [6, 6.07) is 6.05. The Morgan fingerprint density at radius 3 is 2.77 bits per heavy atom. The minimum Gasteiger partial charge on any atom is -0.384 e. The van der Waals surface area contributed by atoms with Crippen LogP contribution in [0.15, 0.2) is 27.1 Å². The number of anilines is 1. The van der Waals surface area contributed by atoms with Gasteiger partial charge < -0.3 is 11.1 Å². The normalized spacial score (nSPS) is 10.1. The van der Waals surface area contributed by atoms with Crippen LogP contribution in [-0.2, 0) is 0 Å². The maximum Gasteiger partial charge on any atom is 0.0495 e. The Morgan fingerprint density at radius 2 is 2.08 bits per heavy atom. The van der Waals surface area contributed by atoms with Crippen LogP contribution in [0.25, 0.3) is 0 Å². The van der Waals surface area contributed by atoms with Crippen molar-refractivity contribution < 1.29 is 0 Å². The lowest BCUT2D eigenvalue weighted by Gasteiger charge is -2.07. The SMILES string of the molecule is NCCCNc1cc(Br)ccc1Br. The second kappa shape index (κ2) is 5.62. The van der Waals surface area contributed by atoms with E-state index in [0.717, 1.165) is 34.1 Å². The minimum absolute atomic E-state index is 0.721. The zero-order valence-electron chi connectivity index (χ0n) is 7.19. The van der Waals surface area contributed by atoms with Gasteiger partial charge >= 0.3 is 0 Å². The van der Waals surface area contributed by atoms with Crippen molar-refractivity contribution in [1.82, 2.24) is 0 Å². The van der Waals surface area contributed by atoms with E-state index in [9.17, 15) is 0 Å². The van der Waals surface area contributed by atoms with Crippen molar-refractivity contribution in [2.24, 2.45) is 5.73 Å². The lowest BCUT2D eigenvalue weighted by atomic mass is 10.3. The van der Waals surface area contributed by atoms with E-state index >= 15 is 0 Å². The molecule has 0 bridgehead atoms. The van der Waals surface area contributed by atoms with Gasteiger partial charge in [-0.3, -0.25) is 0 Å². The third kappa shape index (κ3) is 3.67. The Morgan fingerprint density at radius 1 is 1.31 bits per heavy atom. The van der Waals surface area contributed by atoms with Gasteiger partial charge in [-0.05, 0) is 47.1 Å². The van der Waals surface area contributed by atoms with Crippen LogP contribution in [0.3, 0.4) is 0 Å². The summed E-state index contributed by atoms with van der Waals surface area (Å²) in [6.07, 6.45) is 0.985. The van der Waals surface area contributed by atoms with E-state index in [1.54, 1.807) is 0 Å². The van der Waals surface area contributed by atoms with Crippen LogP contribution in [0.2, 0.25) is 0 Å². The molecular formula is C9H12Br2N2. The van der Waals surface area contributed by atoms with Crippen LogP contribution in [-0.4, -0.2) is 13.1 Å². The zero-order chi connectivity index (χ0) is 9.68. The fourth-order valence-corrected chi connectivity index (χ4v) is 1.71. The Balaban J connectivity index is 2.59. The molecule has 3 N–H and O–H groups in total. The minimum atomic E-state index is 0.721.